The maximum Gasteiger partial charge on any atom is 0.340 e. The van der Waals surface area contributed by atoms with Crippen molar-refractivity contribution < 1.29 is 43.2 Å². The highest BCUT2D eigenvalue weighted by atomic mass is 16.6. The molecule has 7 unspecified atom stereocenters. The zero-order valence-electron chi connectivity index (χ0n) is 41.8. The van der Waals surface area contributed by atoms with Crippen LogP contribution in [0.2, 0.25) is 0 Å². The predicted octanol–water partition coefficient (Wildman–Crippen LogP) is 11.5. The van der Waals surface area contributed by atoms with Gasteiger partial charge in [0.1, 0.15) is 16.9 Å². The maximum absolute atomic E-state index is 15.2. The van der Waals surface area contributed by atoms with Crippen LogP contribution in [0, 0.1) is 5.92 Å². The molecular formula is C62H66O10. The Balaban J connectivity index is 1.16. The average molecular weight is 971 g/mol. The van der Waals surface area contributed by atoms with E-state index in [1.165, 1.54) is 23.8 Å². The highest BCUT2D eigenvalue weighted by molar-refractivity contribution is 5.90. The molecule has 0 amide bonds. The molecule has 72 heavy (non-hydrogen) atoms. The first-order chi connectivity index (χ1) is 35.0. The fourth-order valence-electron chi connectivity index (χ4n) is 11.4. The molecule has 0 spiro atoms. The molecule has 10 nitrogen and oxygen atoms in total. The quantitative estimate of drug-likeness (QED) is 0.0497. The molecule has 10 rings (SSSR count). The van der Waals surface area contributed by atoms with Gasteiger partial charge in [0.2, 0.25) is 0 Å². The number of fused-ring (bicyclic) bond motifs is 11. The van der Waals surface area contributed by atoms with Gasteiger partial charge >= 0.3 is 17.6 Å². The number of rotatable bonds is 13. The summed E-state index contributed by atoms with van der Waals surface area (Å²) in [7, 11) is 1.51. The Morgan fingerprint density at radius 2 is 1.54 bits per heavy atom. The van der Waals surface area contributed by atoms with Crippen molar-refractivity contribution in [1.29, 1.82) is 0 Å². The van der Waals surface area contributed by atoms with Gasteiger partial charge in [-0.15, -0.1) is 0 Å². The third-order valence-corrected chi connectivity index (χ3v) is 15.2. The Bertz CT molecular complexity index is 2980. The maximum atomic E-state index is 15.2. The third kappa shape index (κ3) is 10.9. The number of allylic oxidation sites excluding steroid dienone is 3. The molecule has 0 saturated heterocycles. The van der Waals surface area contributed by atoms with Crippen LogP contribution in [0.15, 0.2) is 154 Å². The van der Waals surface area contributed by atoms with Crippen molar-refractivity contribution in [2.75, 3.05) is 20.3 Å². The second kappa shape index (κ2) is 22.4. The first-order valence-electron chi connectivity index (χ1n) is 25.5. The lowest BCUT2D eigenvalue weighted by molar-refractivity contribution is -0.192. The lowest BCUT2D eigenvalue weighted by atomic mass is 9.72. The number of esters is 2. The number of carbonyl (C=O) groups is 2. The molecule has 0 saturated carbocycles. The Morgan fingerprint density at radius 3 is 2.25 bits per heavy atom. The zero-order chi connectivity index (χ0) is 50.4. The normalized spacial score (nSPS) is 22.5. The van der Waals surface area contributed by atoms with Gasteiger partial charge in [0.25, 0.3) is 0 Å². The van der Waals surface area contributed by atoms with E-state index in [2.05, 4.69) is 97.1 Å². The van der Waals surface area contributed by atoms with Gasteiger partial charge in [-0.1, -0.05) is 127 Å². The van der Waals surface area contributed by atoms with E-state index in [0.717, 1.165) is 28.7 Å². The molecule has 1 aromatic heterocycles. The third-order valence-electron chi connectivity index (χ3n) is 15.2. The van der Waals surface area contributed by atoms with Crippen molar-refractivity contribution in [1.82, 2.24) is 0 Å². The molecular weight excluding hydrogens is 905 g/mol. The van der Waals surface area contributed by atoms with Crippen molar-refractivity contribution in [3.05, 3.63) is 205 Å². The van der Waals surface area contributed by atoms with Crippen molar-refractivity contribution in [3.63, 3.8) is 0 Å². The fourth-order valence-corrected chi connectivity index (χ4v) is 11.4. The van der Waals surface area contributed by atoms with E-state index in [4.69, 9.17) is 23.4 Å². The number of ether oxygens (including phenoxy) is 4. The molecule has 0 fully saturated rings. The minimum Gasteiger partial charge on any atom is -0.483 e. The molecule has 4 aliphatic rings. The molecule has 4 heterocycles. The van der Waals surface area contributed by atoms with Crippen LogP contribution in [0.5, 0.6) is 5.75 Å². The number of aliphatic hydroxyl groups excluding tert-OH is 2. The summed E-state index contributed by atoms with van der Waals surface area (Å²) in [5, 5.41) is 21.5. The number of carbonyl (C=O) groups excluding carboxylic acids is 2. The summed E-state index contributed by atoms with van der Waals surface area (Å²) in [5.74, 6) is -1.57. The van der Waals surface area contributed by atoms with Gasteiger partial charge in [-0.2, -0.15) is 0 Å². The molecule has 10 heteroatoms. The smallest absolute Gasteiger partial charge is 0.340 e. The lowest BCUT2D eigenvalue weighted by Crippen LogP contribution is -2.54. The van der Waals surface area contributed by atoms with E-state index >= 15 is 4.79 Å². The molecule has 0 radical (unpaired) electrons. The van der Waals surface area contributed by atoms with E-state index in [9.17, 15) is 19.8 Å². The second-order valence-corrected chi connectivity index (χ2v) is 20.3. The fraction of sp³-hybridized carbons (Fsp3) is 0.371. The van der Waals surface area contributed by atoms with Gasteiger partial charge in [0.05, 0.1) is 18.8 Å². The van der Waals surface area contributed by atoms with Crippen molar-refractivity contribution >= 4 is 22.9 Å². The Hall–Kier alpha value is -6.59. The summed E-state index contributed by atoms with van der Waals surface area (Å²) in [6, 6.07) is 41.3. The number of methoxy groups -OCH3 is 1. The van der Waals surface area contributed by atoms with Crippen molar-refractivity contribution in [3.8, 4) is 5.75 Å². The molecule has 2 bridgehead atoms. The monoisotopic (exact) mass is 970 g/mol. The highest BCUT2D eigenvalue weighted by Gasteiger charge is 2.53. The summed E-state index contributed by atoms with van der Waals surface area (Å²) >= 11 is 0. The predicted molar refractivity (Wildman–Crippen MR) is 278 cm³/mol. The summed E-state index contributed by atoms with van der Waals surface area (Å²) in [6.07, 6.45) is 6.52. The number of benzene rings is 5. The highest BCUT2D eigenvalue weighted by Crippen LogP contribution is 2.50. The minimum absolute atomic E-state index is 0.0321. The summed E-state index contributed by atoms with van der Waals surface area (Å²) in [5.41, 5.74) is 7.06. The van der Waals surface area contributed by atoms with Crippen LogP contribution in [-0.2, 0) is 49.7 Å². The van der Waals surface area contributed by atoms with Gasteiger partial charge in [0.15, 0.2) is 12.2 Å². The van der Waals surface area contributed by atoms with Crippen LogP contribution in [0.1, 0.15) is 133 Å². The number of aryl methyl sites for hydroxylation is 2. The minimum atomic E-state index is -1.30. The van der Waals surface area contributed by atoms with E-state index in [0.29, 0.717) is 60.8 Å². The number of hydrogen-bond donors (Lipinski definition) is 2. The van der Waals surface area contributed by atoms with Crippen LogP contribution in [0.4, 0.5) is 0 Å². The second-order valence-electron chi connectivity index (χ2n) is 20.3. The largest absolute Gasteiger partial charge is 0.483 e. The van der Waals surface area contributed by atoms with Gasteiger partial charge < -0.3 is 33.6 Å². The van der Waals surface area contributed by atoms with E-state index < -0.39 is 47.9 Å². The summed E-state index contributed by atoms with van der Waals surface area (Å²) in [6.45, 7) is 5.04. The molecule has 7 atom stereocenters. The van der Waals surface area contributed by atoms with Crippen molar-refractivity contribution in [2.45, 2.75) is 121 Å². The Morgan fingerprint density at radius 1 is 0.806 bits per heavy atom. The lowest BCUT2D eigenvalue weighted by Gasteiger charge is -2.45. The SMILES string of the molecule is COCC(CCO)c1c(CO)c2ccc3c(c2oc1=O)C1OC(=O)CC2CC(c4cccc(Cc5ccccc5)c4)C=CC2c2ccc(cc2)CCC(=C(C)C)C(=O)OC1C(C)(CCCc1ccccc1)O3. The van der Waals surface area contributed by atoms with E-state index in [1.54, 1.807) is 12.1 Å². The van der Waals surface area contributed by atoms with Crippen LogP contribution in [-0.4, -0.2) is 54.2 Å². The van der Waals surface area contributed by atoms with Crippen LogP contribution in [0.25, 0.3) is 11.0 Å². The van der Waals surface area contributed by atoms with E-state index in [-0.39, 0.29) is 60.5 Å². The number of hydrogen-bond acceptors (Lipinski definition) is 10. The molecule has 2 N–H and O–H groups in total. The zero-order valence-corrected chi connectivity index (χ0v) is 41.8. The summed E-state index contributed by atoms with van der Waals surface area (Å²) in [4.78, 5) is 44.4. The number of aliphatic hydroxyl groups is 2. The molecule has 6 aromatic rings. The van der Waals surface area contributed by atoms with Crippen LogP contribution < -0.4 is 10.4 Å². The Kier molecular flexibility index (Phi) is 15.7. The van der Waals surface area contributed by atoms with Gasteiger partial charge in [-0.3, -0.25) is 4.79 Å². The topological polar surface area (TPSA) is 142 Å². The first-order valence-corrected chi connectivity index (χ1v) is 25.5. The van der Waals surface area contributed by atoms with Gasteiger partial charge in [-0.05, 0) is 129 Å². The molecule has 3 aliphatic heterocycles. The Labute approximate surface area is 422 Å². The molecule has 374 valence electrons. The van der Waals surface area contributed by atoms with Crippen LogP contribution in [0.3, 0.4) is 0 Å². The molecule has 5 aromatic carbocycles. The van der Waals surface area contributed by atoms with Crippen molar-refractivity contribution in [2.24, 2.45) is 5.92 Å². The molecule has 1 aliphatic carbocycles. The average Bonchev–Trinajstić information content (AvgIpc) is 3.37. The van der Waals surface area contributed by atoms with Gasteiger partial charge in [-0.25, -0.2) is 9.59 Å². The van der Waals surface area contributed by atoms with Crippen LogP contribution >= 0.6 is 0 Å². The summed E-state index contributed by atoms with van der Waals surface area (Å²) < 4.78 is 32.4. The van der Waals surface area contributed by atoms with Gasteiger partial charge in [0, 0.05) is 54.4 Å². The van der Waals surface area contributed by atoms with E-state index in [1.807, 2.05) is 45.0 Å². The standard InChI is InChI=1S/C62H66O10/c1-39(2)49-26-22-41-20-23-44(24-21-41)50-27-25-46(45-19-11-17-43(34-45)33-42-15-9-6-10-16-42)35-48(50)36-54(65)69-58-56-53(72-62(3,59(58)71-60(49)66)31-12-18-40-13-7-5-8-14-40)29-28-51-52(37-64)55(61(67)70-57(51)56)47(30-32-63)38-68-4/h5-11,13-17,19-21,23-25,27-29,34,46-48,50,58-59,63-64H,12,18,22,26,30-33,35-38H2,1-4H3. The first kappa shape index (κ1) is 50.4.